The third-order valence-electron chi connectivity index (χ3n) is 8.07. The molecule has 7 heteroatoms. The first kappa shape index (κ1) is 25.2. The average molecular weight is 655 g/mol. The van der Waals surface area contributed by atoms with E-state index in [2.05, 4.69) is 17.1 Å². The number of benzene rings is 5. The summed E-state index contributed by atoms with van der Waals surface area (Å²) in [4.78, 5) is 32.0. The van der Waals surface area contributed by atoms with Crippen LogP contribution in [0.1, 0.15) is 31.8 Å². The number of aromatic amines is 1. The van der Waals surface area contributed by atoms with Crippen LogP contribution >= 0.6 is 0 Å². The molecular weight excluding hydrogens is 631 g/mol. The Morgan fingerprint density at radius 3 is 2.02 bits per heavy atom. The summed E-state index contributed by atoms with van der Waals surface area (Å²) in [6.45, 7) is 0.958. The number of hydrogen-bond donors (Lipinski definition) is 1. The minimum absolute atomic E-state index is 0.234. The normalized spacial score (nSPS) is 13.5. The molecule has 202 valence electrons. The maximum atomic E-state index is 13.5. The molecule has 2 aliphatic heterocycles. The first-order valence-electron chi connectivity index (χ1n) is 13.8. The van der Waals surface area contributed by atoms with Gasteiger partial charge in [-0.25, -0.2) is 0 Å². The molecule has 0 spiro atoms. The Morgan fingerprint density at radius 2 is 1.33 bits per heavy atom. The van der Waals surface area contributed by atoms with Gasteiger partial charge in [0.1, 0.15) is 0 Å². The van der Waals surface area contributed by atoms with E-state index < -0.39 is 21.1 Å². The molecule has 0 unspecified atom stereocenters. The van der Waals surface area contributed by atoms with E-state index in [4.69, 9.17) is 9.47 Å². The van der Waals surface area contributed by atoms with Gasteiger partial charge >= 0.3 is 253 Å². The molecule has 6 nitrogen and oxygen atoms in total. The Hall–Kier alpha value is -4.56. The summed E-state index contributed by atoms with van der Waals surface area (Å²) < 4.78 is 14.7. The summed E-state index contributed by atoms with van der Waals surface area (Å²) >= 11 is -1.34. The first-order valence-corrected chi connectivity index (χ1v) is 16.6. The molecule has 1 N–H and O–H groups in total. The molecule has 6 aromatic rings. The van der Waals surface area contributed by atoms with Gasteiger partial charge in [0.05, 0.1) is 0 Å². The summed E-state index contributed by atoms with van der Waals surface area (Å²) in [6, 6.07) is 32.2. The van der Waals surface area contributed by atoms with Gasteiger partial charge in [0.25, 0.3) is 0 Å². The number of nitrogens with zero attached hydrogens (tertiary/aromatic N) is 1. The van der Waals surface area contributed by atoms with Crippen molar-refractivity contribution in [3.05, 3.63) is 119 Å². The fourth-order valence-electron chi connectivity index (χ4n) is 6.01. The second-order valence-corrected chi connectivity index (χ2v) is 14.3. The van der Waals surface area contributed by atoms with Crippen LogP contribution in [0.4, 0.5) is 0 Å². The van der Waals surface area contributed by atoms with Crippen molar-refractivity contribution in [2.75, 3.05) is 7.05 Å². The summed E-state index contributed by atoms with van der Waals surface area (Å²) in [5, 5.41) is 1.76. The van der Waals surface area contributed by atoms with Gasteiger partial charge in [-0.05, 0) is 0 Å². The zero-order valence-electron chi connectivity index (χ0n) is 22.7. The van der Waals surface area contributed by atoms with E-state index in [9.17, 15) is 9.59 Å². The van der Waals surface area contributed by atoms with Crippen LogP contribution in [-0.2, 0) is 13.2 Å². The molecule has 2 amide bonds. The number of imide groups is 1. The molecule has 0 atom stereocenters. The number of fused-ring (bicyclic) bond motifs is 10. The number of rotatable bonds is 6. The van der Waals surface area contributed by atoms with E-state index in [0.717, 1.165) is 55.6 Å². The van der Waals surface area contributed by atoms with Gasteiger partial charge in [-0.3, -0.25) is 0 Å². The molecule has 0 aliphatic carbocycles. The van der Waals surface area contributed by atoms with Gasteiger partial charge < -0.3 is 0 Å². The van der Waals surface area contributed by atoms with Gasteiger partial charge in [-0.2, -0.15) is 0 Å². The molecule has 0 fully saturated rings. The van der Waals surface area contributed by atoms with Crippen LogP contribution in [-0.4, -0.2) is 49.9 Å². The van der Waals surface area contributed by atoms with E-state index in [1.165, 1.54) is 12.1 Å². The fraction of sp³-hybridized carbons (Fsp3) is 0.0857. The third kappa shape index (κ3) is 3.93. The summed E-state index contributed by atoms with van der Waals surface area (Å²) in [5.41, 5.74) is 7.05. The molecule has 8 rings (SSSR count). The van der Waals surface area contributed by atoms with Crippen molar-refractivity contribution < 1.29 is 19.1 Å². The quantitative estimate of drug-likeness (QED) is 0.194. The summed E-state index contributed by atoms with van der Waals surface area (Å²) in [6.07, 6.45) is 0. The van der Waals surface area contributed by atoms with Gasteiger partial charge in [-0.1, -0.05) is 0 Å². The molecule has 42 heavy (non-hydrogen) atoms. The van der Waals surface area contributed by atoms with Crippen LogP contribution in [0.3, 0.4) is 0 Å². The molecule has 2 radical (unpaired) electrons. The summed E-state index contributed by atoms with van der Waals surface area (Å²) in [5.74, 6) is 1.07. The first-order chi connectivity index (χ1) is 20.6. The van der Waals surface area contributed by atoms with Gasteiger partial charge in [0.15, 0.2) is 0 Å². The number of carbonyl (C=O) groups excluding carboxylic acids is 2. The van der Waals surface area contributed by atoms with E-state index >= 15 is 0 Å². The molecule has 1 aromatic heterocycles. The molecule has 0 saturated heterocycles. The second kappa shape index (κ2) is 9.77. The Labute approximate surface area is 252 Å². The monoisotopic (exact) mass is 656 g/mol. The van der Waals surface area contributed by atoms with E-state index in [1.807, 2.05) is 84.9 Å². The number of ether oxygens (including phenoxy) is 2. The average Bonchev–Trinajstić information content (AvgIpc) is 3.66. The van der Waals surface area contributed by atoms with Gasteiger partial charge in [-0.15, -0.1) is 0 Å². The maximum absolute atomic E-state index is 13.5. The van der Waals surface area contributed by atoms with Crippen LogP contribution in [0.25, 0.3) is 32.9 Å². The van der Waals surface area contributed by atoms with Crippen molar-refractivity contribution in [2.24, 2.45) is 0 Å². The third-order valence-corrected chi connectivity index (χ3v) is 12.2. The molecule has 0 bridgehead atoms. The molecule has 5 aromatic carbocycles. The second-order valence-electron chi connectivity index (χ2n) is 10.6. The van der Waals surface area contributed by atoms with Crippen LogP contribution in [0, 0.1) is 0 Å². The van der Waals surface area contributed by atoms with Crippen LogP contribution < -0.4 is 16.6 Å². The number of H-pyrrole nitrogens is 1. The standard InChI is InChI=1S/C35H24N2O4.Sn/c1-37-34(38)32-28(24-12-14-25(15-13-24)40-20-22-8-4-2-5-9-22)19-30-31(33(32)35(37)39)27-17-16-26(18-29(27)36-30)41-21-23-10-6-3-7-11-23;/h2-12,14-18,36H,20-21H2,1H3;. The van der Waals surface area contributed by atoms with Crippen molar-refractivity contribution in [3.63, 3.8) is 0 Å². The fourth-order valence-corrected chi connectivity index (χ4v) is 10.4. The van der Waals surface area contributed by atoms with Crippen LogP contribution in [0.5, 0.6) is 11.5 Å². The number of carbonyl (C=O) groups is 2. The van der Waals surface area contributed by atoms with E-state index in [-0.39, 0.29) is 11.8 Å². The predicted octanol–water partition coefficient (Wildman–Crippen LogP) is 5.34. The number of aromatic nitrogens is 1. The zero-order valence-corrected chi connectivity index (χ0v) is 25.6. The van der Waals surface area contributed by atoms with Gasteiger partial charge in [0.2, 0.25) is 0 Å². The molecule has 0 saturated carbocycles. The zero-order chi connectivity index (χ0) is 28.4. The number of nitrogens with one attached hydrogen (secondary N) is 1. The van der Waals surface area contributed by atoms with Crippen LogP contribution in [0.2, 0.25) is 0 Å². The number of amides is 2. The Morgan fingerprint density at radius 1 is 0.714 bits per heavy atom. The van der Waals surface area contributed by atoms with Crippen LogP contribution in [0.15, 0.2) is 97.1 Å². The Balaban J connectivity index is 1.23. The Bertz CT molecular complexity index is 2070. The van der Waals surface area contributed by atoms with Crippen molar-refractivity contribution in [2.45, 2.75) is 13.2 Å². The molecule has 2 aliphatic rings. The topological polar surface area (TPSA) is 71.6 Å². The predicted molar refractivity (Wildman–Crippen MR) is 164 cm³/mol. The van der Waals surface area contributed by atoms with Gasteiger partial charge in [0, 0.05) is 0 Å². The van der Waals surface area contributed by atoms with E-state index in [0.29, 0.717) is 24.3 Å². The van der Waals surface area contributed by atoms with Crippen molar-refractivity contribution in [1.82, 2.24) is 9.88 Å². The molecular formula is C35H24N2O4Sn. The molecule has 3 heterocycles. The minimum atomic E-state index is -1.34. The van der Waals surface area contributed by atoms with Crippen molar-refractivity contribution in [3.8, 4) is 22.6 Å². The Kier molecular flexibility index (Phi) is 5.86. The summed E-state index contributed by atoms with van der Waals surface area (Å²) in [7, 11) is 1.57. The van der Waals surface area contributed by atoms with E-state index in [1.54, 1.807) is 7.05 Å². The van der Waals surface area contributed by atoms with Crippen molar-refractivity contribution >= 4 is 61.9 Å². The van der Waals surface area contributed by atoms with Crippen molar-refractivity contribution in [1.29, 1.82) is 0 Å². The SMILES string of the molecule is CN1C(=O)c2c3[c](c4[nH]c5cc(OCc6ccccc6)ccc5c4c2C1=O)[Sn][c]1cc(OCc2ccccc2)ccc1-3. The number of hydrogen-bond acceptors (Lipinski definition) is 4.